The molecular weight excluding hydrogens is 344 g/mol. The third kappa shape index (κ3) is 3.62. The lowest BCUT2D eigenvalue weighted by atomic mass is 10.3. The second kappa shape index (κ2) is 7.01. The van der Waals surface area contributed by atoms with Crippen molar-refractivity contribution < 1.29 is 13.2 Å². The average molecular weight is 366 g/mol. The van der Waals surface area contributed by atoms with E-state index in [2.05, 4.69) is 9.97 Å². The number of imidazole rings is 1. The molecule has 0 atom stereocenters. The number of rotatable bonds is 4. The predicted molar refractivity (Wildman–Crippen MR) is 93.8 cm³/mol. The maximum atomic E-state index is 12.9. The Labute approximate surface area is 145 Å². The van der Waals surface area contributed by atoms with Gasteiger partial charge in [0.1, 0.15) is 0 Å². The van der Waals surface area contributed by atoms with Crippen molar-refractivity contribution in [1.82, 2.24) is 19.2 Å². The third-order valence-corrected chi connectivity index (χ3v) is 6.29. The number of nitrogens with zero attached hydrogens (tertiary/aromatic N) is 2. The van der Waals surface area contributed by atoms with Gasteiger partial charge in [0, 0.05) is 32.6 Å². The van der Waals surface area contributed by atoms with Gasteiger partial charge in [-0.25, -0.2) is 13.2 Å². The van der Waals surface area contributed by atoms with Gasteiger partial charge in [-0.3, -0.25) is 4.79 Å². The average Bonchev–Trinajstić information content (AvgIpc) is 2.78. The minimum atomic E-state index is -3.67. The lowest BCUT2D eigenvalue weighted by Crippen LogP contribution is -2.37. The molecule has 0 aliphatic carbocycles. The van der Waals surface area contributed by atoms with E-state index >= 15 is 0 Å². The quantitative estimate of drug-likeness (QED) is 0.838. The van der Waals surface area contributed by atoms with Crippen molar-refractivity contribution >= 4 is 27.0 Å². The molecule has 1 aromatic carbocycles. The van der Waals surface area contributed by atoms with Gasteiger partial charge in [-0.05, 0) is 31.0 Å². The van der Waals surface area contributed by atoms with E-state index in [1.165, 1.54) is 16.4 Å². The first-order valence-electron chi connectivity index (χ1n) is 8.42. The van der Waals surface area contributed by atoms with Crippen LogP contribution in [0.4, 0.5) is 0 Å². The van der Waals surface area contributed by atoms with Gasteiger partial charge in [0.2, 0.25) is 15.9 Å². The van der Waals surface area contributed by atoms with Crippen molar-refractivity contribution in [3.05, 3.63) is 28.7 Å². The molecule has 2 N–H and O–H groups in total. The van der Waals surface area contributed by atoms with Gasteiger partial charge >= 0.3 is 5.69 Å². The molecule has 136 valence electrons. The molecular formula is C16H22N4O4S. The minimum absolute atomic E-state index is 0.0769. The smallest absolute Gasteiger partial charge is 0.323 e. The summed E-state index contributed by atoms with van der Waals surface area (Å²) in [6.07, 6.45) is 1.88. The highest BCUT2D eigenvalue weighted by atomic mass is 32.2. The molecule has 0 spiro atoms. The normalized spacial score (nSPS) is 16.9. The van der Waals surface area contributed by atoms with E-state index in [1.54, 1.807) is 11.0 Å². The molecule has 3 rings (SSSR count). The van der Waals surface area contributed by atoms with Crippen molar-refractivity contribution in [3.63, 3.8) is 0 Å². The van der Waals surface area contributed by atoms with E-state index in [9.17, 15) is 18.0 Å². The number of aromatic amines is 2. The summed E-state index contributed by atoms with van der Waals surface area (Å²) in [6.45, 7) is 3.59. The fourth-order valence-corrected chi connectivity index (χ4v) is 4.57. The molecule has 2 aromatic rings. The van der Waals surface area contributed by atoms with Gasteiger partial charge in [-0.2, -0.15) is 4.31 Å². The van der Waals surface area contributed by atoms with Gasteiger partial charge < -0.3 is 14.9 Å². The van der Waals surface area contributed by atoms with Crippen molar-refractivity contribution in [2.75, 3.05) is 26.2 Å². The molecule has 0 radical (unpaired) electrons. The van der Waals surface area contributed by atoms with Gasteiger partial charge in [-0.15, -0.1) is 0 Å². The highest BCUT2D eigenvalue weighted by Crippen LogP contribution is 2.21. The number of aromatic nitrogens is 2. The van der Waals surface area contributed by atoms with Crippen LogP contribution >= 0.6 is 0 Å². The Balaban J connectivity index is 1.81. The number of carbonyl (C=O) groups is 1. The number of nitrogens with one attached hydrogen (secondary N) is 2. The predicted octanol–water partition coefficient (Wildman–Crippen LogP) is 0.879. The minimum Gasteiger partial charge on any atom is -0.341 e. The van der Waals surface area contributed by atoms with Gasteiger partial charge in [0.05, 0.1) is 15.9 Å². The summed E-state index contributed by atoms with van der Waals surface area (Å²) in [6, 6.07) is 4.54. The SMILES string of the molecule is CCCC(=O)N1CCCN(S(=O)(=O)c2ccc3[nH]c(=O)[nH]c3c2)CC1. The number of fused-ring (bicyclic) bond motifs is 1. The highest BCUT2D eigenvalue weighted by molar-refractivity contribution is 7.89. The molecule has 1 aliphatic heterocycles. The Morgan fingerprint density at radius 2 is 1.88 bits per heavy atom. The highest BCUT2D eigenvalue weighted by Gasteiger charge is 2.28. The number of amides is 1. The van der Waals surface area contributed by atoms with Crippen molar-refractivity contribution in [3.8, 4) is 0 Å². The summed E-state index contributed by atoms with van der Waals surface area (Å²) < 4.78 is 27.2. The van der Waals surface area contributed by atoms with Crippen LogP contribution in [0.5, 0.6) is 0 Å². The molecule has 25 heavy (non-hydrogen) atoms. The number of H-pyrrole nitrogens is 2. The Kier molecular flexibility index (Phi) is 4.96. The number of hydrogen-bond acceptors (Lipinski definition) is 4. The zero-order valence-electron chi connectivity index (χ0n) is 14.1. The van der Waals surface area contributed by atoms with Gasteiger partial charge in [-0.1, -0.05) is 6.92 Å². The standard InChI is InChI=1S/C16H22N4O4S/c1-2-4-15(21)19-7-3-8-20(10-9-19)25(23,24)12-5-6-13-14(11-12)18-16(22)17-13/h5-6,11H,2-4,7-10H2,1H3,(H2,17,18,22). The van der Waals surface area contributed by atoms with E-state index in [0.717, 1.165) is 6.42 Å². The van der Waals surface area contributed by atoms with Crippen LogP contribution in [0.25, 0.3) is 11.0 Å². The second-order valence-electron chi connectivity index (χ2n) is 6.17. The van der Waals surface area contributed by atoms with E-state index in [0.29, 0.717) is 43.5 Å². The monoisotopic (exact) mass is 366 g/mol. The Hall–Kier alpha value is -2.13. The number of carbonyl (C=O) groups excluding carboxylic acids is 1. The summed E-state index contributed by atoms with van der Waals surface area (Å²) in [7, 11) is -3.67. The van der Waals surface area contributed by atoms with Crippen LogP contribution in [0, 0.1) is 0 Å². The molecule has 1 fully saturated rings. The number of hydrogen-bond donors (Lipinski definition) is 2. The summed E-state index contributed by atoms with van der Waals surface area (Å²) in [5.74, 6) is 0.0769. The molecule has 1 aromatic heterocycles. The molecule has 0 unspecified atom stereocenters. The summed E-state index contributed by atoms with van der Waals surface area (Å²) in [4.78, 5) is 30.4. The Morgan fingerprint density at radius 3 is 2.64 bits per heavy atom. The fourth-order valence-electron chi connectivity index (χ4n) is 3.08. The molecule has 9 heteroatoms. The molecule has 1 aliphatic rings. The molecule has 2 heterocycles. The largest absolute Gasteiger partial charge is 0.341 e. The maximum absolute atomic E-state index is 12.9. The maximum Gasteiger partial charge on any atom is 0.323 e. The molecule has 1 saturated heterocycles. The summed E-state index contributed by atoms with van der Waals surface area (Å²) in [5, 5.41) is 0. The topological polar surface area (TPSA) is 106 Å². The van der Waals surface area contributed by atoms with Crippen LogP contribution in [-0.4, -0.2) is 59.7 Å². The first-order chi connectivity index (χ1) is 11.9. The zero-order valence-corrected chi connectivity index (χ0v) is 14.9. The molecule has 8 nitrogen and oxygen atoms in total. The van der Waals surface area contributed by atoms with Crippen LogP contribution < -0.4 is 5.69 Å². The molecule has 0 saturated carbocycles. The van der Waals surface area contributed by atoms with E-state index < -0.39 is 10.0 Å². The zero-order chi connectivity index (χ0) is 18.0. The van der Waals surface area contributed by atoms with Crippen molar-refractivity contribution in [1.29, 1.82) is 0 Å². The van der Waals surface area contributed by atoms with Crippen LogP contribution in [0.15, 0.2) is 27.9 Å². The van der Waals surface area contributed by atoms with E-state index in [1.807, 2.05) is 6.92 Å². The Bertz CT molecular complexity index is 931. The van der Waals surface area contributed by atoms with Crippen LogP contribution in [-0.2, 0) is 14.8 Å². The van der Waals surface area contributed by atoms with Crippen LogP contribution in [0.2, 0.25) is 0 Å². The number of sulfonamides is 1. The van der Waals surface area contributed by atoms with Crippen molar-refractivity contribution in [2.24, 2.45) is 0 Å². The first kappa shape index (κ1) is 17.7. The lowest BCUT2D eigenvalue weighted by molar-refractivity contribution is -0.131. The van der Waals surface area contributed by atoms with Crippen LogP contribution in [0.1, 0.15) is 26.2 Å². The lowest BCUT2D eigenvalue weighted by Gasteiger charge is -2.22. The van der Waals surface area contributed by atoms with Crippen LogP contribution in [0.3, 0.4) is 0 Å². The summed E-state index contributed by atoms with van der Waals surface area (Å²) >= 11 is 0. The second-order valence-corrected chi connectivity index (χ2v) is 8.11. The van der Waals surface area contributed by atoms with Crippen molar-refractivity contribution in [2.45, 2.75) is 31.1 Å². The van der Waals surface area contributed by atoms with Gasteiger partial charge in [0.15, 0.2) is 0 Å². The van der Waals surface area contributed by atoms with E-state index in [-0.39, 0.29) is 23.0 Å². The van der Waals surface area contributed by atoms with Gasteiger partial charge in [0.25, 0.3) is 0 Å². The summed E-state index contributed by atoms with van der Waals surface area (Å²) in [5.41, 5.74) is 0.654. The fraction of sp³-hybridized carbons (Fsp3) is 0.500. The molecule has 1 amide bonds. The Morgan fingerprint density at radius 1 is 1.12 bits per heavy atom. The molecule has 0 bridgehead atoms. The first-order valence-corrected chi connectivity index (χ1v) is 9.86. The third-order valence-electron chi connectivity index (χ3n) is 4.40. The van der Waals surface area contributed by atoms with E-state index in [4.69, 9.17) is 0 Å². The number of benzene rings is 1.